The molecule has 6 nitrogen and oxygen atoms in total. The van der Waals surface area contributed by atoms with E-state index in [0.717, 1.165) is 12.1 Å². The first kappa shape index (κ1) is 20.1. The Morgan fingerprint density at radius 2 is 1.85 bits per heavy atom. The molecule has 2 heterocycles. The molecule has 0 fully saturated rings. The van der Waals surface area contributed by atoms with Gasteiger partial charge < -0.3 is 15.4 Å². The van der Waals surface area contributed by atoms with E-state index in [9.17, 15) is 13.6 Å². The molecule has 2 rings (SSSR count). The summed E-state index contributed by atoms with van der Waals surface area (Å²) in [6.45, 7) is 6.05. The topological polar surface area (TPSA) is 76.1 Å². The minimum Gasteiger partial charge on any atom is -0.494 e. The number of pyridine rings is 2. The number of nitrogens with one attached hydrogen (secondary N) is 2. The number of carbonyl (C=O) groups excluding carboxylic acids is 1. The van der Waals surface area contributed by atoms with Crippen LogP contribution in [0.25, 0.3) is 0 Å². The fourth-order valence-electron chi connectivity index (χ4n) is 2.05. The molecule has 27 heavy (non-hydrogen) atoms. The maximum Gasteiger partial charge on any atom is 0.274 e. The molecule has 2 aromatic heterocycles. The molecular formula is C19H20F2N4O2. The number of aromatic nitrogens is 2. The maximum atomic E-state index is 13.2. The lowest BCUT2D eigenvalue weighted by molar-refractivity contribution is 0.0950. The van der Waals surface area contributed by atoms with Crippen LogP contribution in [0.3, 0.4) is 0 Å². The number of halogens is 2. The van der Waals surface area contributed by atoms with Crippen molar-refractivity contribution in [3.63, 3.8) is 0 Å². The van der Waals surface area contributed by atoms with Crippen LogP contribution in [-0.2, 0) is 0 Å². The molecule has 1 amide bonds. The van der Waals surface area contributed by atoms with Gasteiger partial charge in [0.2, 0.25) is 11.9 Å². The van der Waals surface area contributed by atoms with Crippen molar-refractivity contribution in [1.82, 2.24) is 15.3 Å². The third-order valence-corrected chi connectivity index (χ3v) is 3.13. The molecule has 8 heteroatoms. The van der Waals surface area contributed by atoms with Crippen molar-refractivity contribution >= 4 is 17.4 Å². The first-order valence-corrected chi connectivity index (χ1v) is 8.11. The predicted octanol–water partition coefficient (Wildman–Crippen LogP) is 3.29. The number of hydrogen-bond acceptors (Lipinski definition) is 5. The highest BCUT2D eigenvalue weighted by Crippen LogP contribution is 2.22. The van der Waals surface area contributed by atoms with E-state index in [1.165, 1.54) is 19.2 Å². The van der Waals surface area contributed by atoms with Crippen molar-refractivity contribution in [3.05, 3.63) is 41.9 Å². The van der Waals surface area contributed by atoms with Crippen LogP contribution in [0.2, 0.25) is 0 Å². The van der Waals surface area contributed by atoms with E-state index in [1.807, 2.05) is 20.8 Å². The van der Waals surface area contributed by atoms with Crippen LogP contribution in [0.15, 0.2) is 24.3 Å². The lowest BCUT2D eigenvalue weighted by Crippen LogP contribution is -2.25. The molecule has 0 saturated heterocycles. The highest BCUT2D eigenvalue weighted by molar-refractivity contribution is 5.95. The molecular weight excluding hydrogens is 354 g/mol. The first-order chi connectivity index (χ1) is 12.7. The van der Waals surface area contributed by atoms with Gasteiger partial charge in [-0.3, -0.25) is 4.79 Å². The van der Waals surface area contributed by atoms with Crippen LogP contribution < -0.4 is 15.4 Å². The molecule has 0 unspecified atom stereocenters. The molecule has 0 aromatic carbocycles. The van der Waals surface area contributed by atoms with Crippen LogP contribution in [0.4, 0.5) is 20.3 Å². The molecule has 0 atom stereocenters. The van der Waals surface area contributed by atoms with E-state index in [4.69, 9.17) is 4.74 Å². The fraction of sp³-hybridized carbons (Fsp3) is 0.316. The monoisotopic (exact) mass is 374 g/mol. The van der Waals surface area contributed by atoms with Gasteiger partial charge in [-0.1, -0.05) is 11.8 Å². The molecule has 0 aliphatic heterocycles. The number of anilines is 2. The normalized spacial score (nSPS) is 10.6. The van der Waals surface area contributed by atoms with Gasteiger partial charge in [0, 0.05) is 23.2 Å². The van der Waals surface area contributed by atoms with E-state index in [2.05, 4.69) is 32.4 Å². The van der Waals surface area contributed by atoms with Gasteiger partial charge in [-0.05, 0) is 32.9 Å². The van der Waals surface area contributed by atoms with Crippen molar-refractivity contribution in [2.75, 3.05) is 19.0 Å². The highest BCUT2D eigenvalue weighted by Gasteiger charge is 2.15. The summed E-state index contributed by atoms with van der Waals surface area (Å²) < 4.78 is 31.6. The summed E-state index contributed by atoms with van der Waals surface area (Å²) in [6.07, 6.45) is 0. The second-order valence-electron chi connectivity index (χ2n) is 6.61. The number of carbonyl (C=O) groups is 1. The van der Waals surface area contributed by atoms with Gasteiger partial charge in [-0.2, -0.15) is 13.8 Å². The Bertz CT molecular complexity index is 879. The summed E-state index contributed by atoms with van der Waals surface area (Å²) in [5.74, 6) is 3.93. The quantitative estimate of drug-likeness (QED) is 0.620. The van der Waals surface area contributed by atoms with E-state index >= 15 is 0 Å². The first-order valence-electron chi connectivity index (χ1n) is 8.11. The Labute approximate surface area is 156 Å². The molecule has 0 aliphatic carbocycles. The Morgan fingerprint density at radius 3 is 2.44 bits per heavy atom. The number of ether oxygens (including phenoxy) is 1. The third-order valence-electron chi connectivity index (χ3n) is 3.13. The second kappa shape index (κ2) is 8.45. The smallest absolute Gasteiger partial charge is 0.274 e. The van der Waals surface area contributed by atoms with Gasteiger partial charge in [0.15, 0.2) is 5.69 Å². The van der Waals surface area contributed by atoms with Gasteiger partial charge in [-0.25, -0.2) is 4.98 Å². The maximum absolute atomic E-state index is 13.2. The van der Waals surface area contributed by atoms with E-state index in [-0.39, 0.29) is 34.9 Å². The summed E-state index contributed by atoms with van der Waals surface area (Å²) in [5, 5.41) is 5.37. The summed E-state index contributed by atoms with van der Waals surface area (Å²) in [7, 11) is 1.41. The van der Waals surface area contributed by atoms with E-state index < -0.39 is 17.8 Å². The third kappa shape index (κ3) is 6.22. The fourth-order valence-corrected chi connectivity index (χ4v) is 2.05. The predicted molar refractivity (Wildman–Crippen MR) is 97.8 cm³/mol. The summed E-state index contributed by atoms with van der Waals surface area (Å²) in [6, 6.07) is 5.07. The Balaban J connectivity index is 2.18. The highest BCUT2D eigenvalue weighted by atomic mass is 19.1. The second-order valence-corrected chi connectivity index (χ2v) is 6.61. The molecule has 0 bridgehead atoms. The molecule has 142 valence electrons. The van der Waals surface area contributed by atoms with Gasteiger partial charge in [0.05, 0.1) is 13.7 Å². The van der Waals surface area contributed by atoms with Crippen molar-refractivity contribution in [2.24, 2.45) is 5.41 Å². The lowest BCUT2D eigenvalue weighted by atomic mass is 9.98. The molecule has 0 saturated carbocycles. The van der Waals surface area contributed by atoms with Crippen molar-refractivity contribution in [2.45, 2.75) is 20.8 Å². The molecule has 0 radical (unpaired) electrons. The number of methoxy groups -OCH3 is 1. The minimum absolute atomic E-state index is 0.0232. The molecule has 2 N–H and O–H groups in total. The number of hydrogen-bond donors (Lipinski definition) is 2. The SMILES string of the molecule is COc1ccc(Nc2cc(F)nc(F)c2)nc1C(=O)NCC#CC(C)(C)C. The van der Waals surface area contributed by atoms with Gasteiger partial charge in [0.25, 0.3) is 5.91 Å². The van der Waals surface area contributed by atoms with Crippen LogP contribution in [0.1, 0.15) is 31.3 Å². The summed E-state index contributed by atoms with van der Waals surface area (Å²) in [4.78, 5) is 19.6. The minimum atomic E-state index is -0.971. The average Bonchev–Trinajstić information content (AvgIpc) is 2.56. The summed E-state index contributed by atoms with van der Waals surface area (Å²) >= 11 is 0. The Kier molecular flexibility index (Phi) is 6.29. The van der Waals surface area contributed by atoms with Crippen LogP contribution in [0.5, 0.6) is 5.75 Å². The van der Waals surface area contributed by atoms with Crippen LogP contribution in [-0.4, -0.2) is 29.5 Å². The van der Waals surface area contributed by atoms with Crippen LogP contribution >= 0.6 is 0 Å². The standard InChI is InChI=1S/C19H20F2N4O2/c1-19(2,3)8-5-9-22-18(26)17-13(27-4)6-7-16(25-17)23-12-10-14(20)24-15(21)11-12/h6-7,10-11H,9H2,1-4H3,(H,22,26)(H,23,24,25). The van der Waals surface area contributed by atoms with Gasteiger partial charge in [-0.15, -0.1) is 0 Å². The van der Waals surface area contributed by atoms with E-state index in [1.54, 1.807) is 0 Å². The molecule has 0 spiro atoms. The average molecular weight is 374 g/mol. The molecule has 0 aliphatic rings. The Morgan fingerprint density at radius 1 is 1.19 bits per heavy atom. The van der Waals surface area contributed by atoms with Gasteiger partial charge >= 0.3 is 0 Å². The van der Waals surface area contributed by atoms with Crippen molar-refractivity contribution in [3.8, 4) is 17.6 Å². The number of nitrogens with zero attached hydrogens (tertiary/aromatic N) is 2. The van der Waals surface area contributed by atoms with Crippen molar-refractivity contribution < 1.29 is 18.3 Å². The number of amides is 1. The number of rotatable bonds is 5. The largest absolute Gasteiger partial charge is 0.494 e. The zero-order chi connectivity index (χ0) is 20.0. The van der Waals surface area contributed by atoms with Crippen molar-refractivity contribution in [1.29, 1.82) is 0 Å². The Hall–Kier alpha value is -3.21. The molecule has 2 aromatic rings. The van der Waals surface area contributed by atoms with E-state index in [0.29, 0.717) is 0 Å². The van der Waals surface area contributed by atoms with Gasteiger partial charge in [0.1, 0.15) is 11.6 Å². The zero-order valence-electron chi connectivity index (χ0n) is 15.5. The summed E-state index contributed by atoms with van der Waals surface area (Å²) in [5.41, 5.74) is -0.0327. The zero-order valence-corrected chi connectivity index (χ0v) is 15.5. The lowest BCUT2D eigenvalue weighted by Gasteiger charge is -2.11. The van der Waals surface area contributed by atoms with Crippen LogP contribution in [0, 0.1) is 29.2 Å².